The summed E-state index contributed by atoms with van der Waals surface area (Å²) in [6.45, 7) is 6.86. The average Bonchev–Trinajstić information content (AvgIpc) is 3.28. The highest BCUT2D eigenvalue weighted by atomic mass is 32.2. The van der Waals surface area contributed by atoms with Gasteiger partial charge in [-0.05, 0) is 66.6 Å². The summed E-state index contributed by atoms with van der Waals surface area (Å²) in [5.41, 5.74) is 3.84. The zero-order valence-electron chi connectivity index (χ0n) is 21.7. The van der Waals surface area contributed by atoms with E-state index in [9.17, 15) is 13.2 Å². The first-order valence-electron chi connectivity index (χ1n) is 12.7. The SMILES string of the molecule is CC(C)(C)c1ccc(S(=O)(=O)Nc2ccc3[nH]c(C(=O)NC4CCCCO4)c(-c4cccnc4)c3c2)cc1. The van der Waals surface area contributed by atoms with E-state index in [1.807, 2.05) is 18.2 Å². The van der Waals surface area contributed by atoms with E-state index in [1.165, 1.54) is 0 Å². The van der Waals surface area contributed by atoms with Crippen LogP contribution in [0.15, 0.2) is 71.9 Å². The zero-order chi connectivity index (χ0) is 26.9. The minimum Gasteiger partial charge on any atom is -0.359 e. The van der Waals surface area contributed by atoms with Crippen LogP contribution < -0.4 is 10.0 Å². The summed E-state index contributed by atoms with van der Waals surface area (Å²) in [6.07, 6.45) is 5.75. The molecule has 0 saturated carbocycles. The van der Waals surface area contributed by atoms with Gasteiger partial charge in [-0.15, -0.1) is 0 Å². The molecule has 3 heterocycles. The lowest BCUT2D eigenvalue weighted by Crippen LogP contribution is -2.39. The van der Waals surface area contributed by atoms with Crippen LogP contribution in [0.1, 0.15) is 56.1 Å². The van der Waals surface area contributed by atoms with Crippen molar-refractivity contribution in [1.82, 2.24) is 15.3 Å². The Morgan fingerprint density at radius 3 is 2.53 bits per heavy atom. The second-order valence-corrected chi connectivity index (χ2v) is 12.3. The number of amides is 1. The lowest BCUT2D eigenvalue weighted by Gasteiger charge is -2.23. The maximum atomic E-state index is 13.3. The number of aromatic amines is 1. The minimum atomic E-state index is -3.82. The maximum absolute atomic E-state index is 13.3. The third kappa shape index (κ3) is 5.44. The number of nitrogens with one attached hydrogen (secondary N) is 3. The zero-order valence-corrected chi connectivity index (χ0v) is 22.6. The van der Waals surface area contributed by atoms with E-state index in [1.54, 1.807) is 48.8 Å². The topological polar surface area (TPSA) is 113 Å². The number of anilines is 1. The van der Waals surface area contributed by atoms with Gasteiger partial charge in [-0.3, -0.25) is 14.5 Å². The van der Waals surface area contributed by atoms with Crippen molar-refractivity contribution in [2.24, 2.45) is 0 Å². The van der Waals surface area contributed by atoms with E-state index in [4.69, 9.17) is 4.74 Å². The number of nitrogens with zero attached hydrogens (tertiary/aromatic N) is 1. The molecule has 3 N–H and O–H groups in total. The summed E-state index contributed by atoms with van der Waals surface area (Å²) >= 11 is 0. The molecule has 1 amide bonds. The van der Waals surface area contributed by atoms with Gasteiger partial charge in [-0.25, -0.2) is 8.42 Å². The number of H-pyrrole nitrogens is 1. The second kappa shape index (κ2) is 10.2. The third-order valence-electron chi connectivity index (χ3n) is 6.73. The molecule has 1 saturated heterocycles. The van der Waals surface area contributed by atoms with Crippen molar-refractivity contribution in [3.05, 3.63) is 78.2 Å². The molecule has 198 valence electrons. The number of carbonyl (C=O) groups excluding carboxylic acids is 1. The number of sulfonamides is 1. The molecule has 38 heavy (non-hydrogen) atoms. The molecule has 8 nitrogen and oxygen atoms in total. The van der Waals surface area contributed by atoms with Crippen molar-refractivity contribution in [1.29, 1.82) is 0 Å². The minimum absolute atomic E-state index is 0.0785. The highest BCUT2D eigenvalue weighted by Gasteiger charge is 2.24. The van der Waals surface area contributed by atoms with Crippen LogP contribution in [0.5, 0.6) is 0 Å². The van der Waals surface area contributed by atoms with Crippen LogP contribution >= 0.6 is 0 Å². The molecule has 2 aromatic carbocycles. The fraction of sp³-hybridized carbons (Fsp3) is 0.310. The van der Waals surface area contributed by atoms with Crippen LogP contribution in [0.3, 0.4) is 0 Å². The van der Waals surface area contributed by atoms with E-state index in [0.717, 1.165) is 30.4 Å². The summed E-state index contributed by atoms with van der Waals surface area (Å²) in [7, 11) is -3.82. The van der Waals surface area contributed by atoms with Crippen molar-refractivity contribution < 1.29 is 17.9 Å². The lowest BCUT2D eigenvalue weighted by atomic mass is 9.87. The molecule has 2 aromatic heterocycles. The number of hydrogen-bond acceptors (Lipinski definition) is 5. The Morgan fingerprint density at radius 1 is 1.08 bits per heavy atom. The van der Waals surface area contributed by atoms with Gasteiger partial charge in [0.15, 0.2) is 0 Å². The molecule has 1 unspecified atom stereocenters. The number of benzene rings is 2. The van der Waals surface area contributed by atoms with Gasteiger partial charge in [0.05, 0.1) is 4.90 Å². The molecule has 9 heteroatoms. The Morgan fingerprint density at radius 2 is 1.87 bits per heavy atom. The largest absolute Gasteiger partial charge is 0.359 e. The molecular formula is C29H32N4O4S. The molecular weight excluding hydrogens is 500 g/mol. The molecule has 0 bridgehead atoms. The molecule has 0 spiro atoms. The van der Waals surface area contributed by atoms with Crippen LogP contribution in [-0.2, 0) is 20.2 Å². The summed E-state index contributed by atoms with van der Waals surface area (Å²) < 4.78 is 34.7. The first kappa shape index (κ1) is 25.9. The van der Waals surface area contributed by atoms with Crippen molar-refractivity contribution in [2.45, 2.75) is 56.6 Å². The van der Waals surface area contributed by atoms with Crippen molar-refractivity contribution in [3.8, 4) is 11.1 Å². The van der Waals surface area contributed by atoms with Crippen LogP contribution in [0, 0.1) is 0 Å². The monoisotopic (exact) mass is 532 g/mol. The molecule has 0 radical (unpaired) electrons. The maximum Gasteiger partial charge on any atom is 0.270 e. The highest BCUT2D eigenvalue weighted by Crippen LogP contribution is 2.34. The normalized spacial score (nSPS) is 16.3. The third-order valence-corrected chi connectivity index (χ3v) is 8.13. The number of fused-ring (bicyclic) bond motifs is 1. The van der Waals surface area contributed by atoms with Gasteiger partial charge in [0.1, 0.15) is 11.9 Å². The molecule has 4 aromatic rings. The second-order valence-electron chi connectivity index (χ2n) is 10.6. The smallest absolute Gasteiger partial charge is 0.270 e. The van der Waals surface area contributed by atoms with Gasteiger partial charge in [-0.1, -0.05) is 39.0 Å². The predicted molar refractivity (Wildman–Crippen MR) is 149 cm³/mol. The number of carbonyl (C=O) groups is 1. The first-order valence-corrected chi connectivity index (χ1v) is 14.2. The van der Waals surface area contributed by atoms with Crippen LogP contribution in [0.4, 0.5) is 5.69 Å². The Balaban J connectivity index is 1.50. The van der Waals surface area contributed by atoms with Crippen molar-refractivity contribution in [2.75, 3.05) is 11.3 Å². The van der Waals surface area contributed by atoms with Gasteiger partial charge in [-0.2, -0.15) is 0 Å². The van der Waals surface area contributed by atoms with Crippen molar-refractivity contribution >= 4 is 32.5 Å². The van der Waals surface area contributed by atoms with E-state index >= 15 is 0 Å². The summed E-state index contributed by atoms with van der Waals surface area (Å²) in [6, 6.07) is 15.8. The summed E-state index contributed by atoms with van der Waals surface area (Å²) in [4.78, 5) is 20.9. The number of ether oxygens (including phenoxy) is 1. The van der Waals surface area contributed by atoms with Crippen LogP contribution in [0.25, 0.3) is 22.0 Å². The van der Waals surface area contributed by atoms with Crippen LogP contribution in [0.2, 0.25) is 0 Å². The average molecular weight is 533 g/mol. The summed E-state index contributed by atoms with van der Waals surface area (Å²) in [5.74, 6) is -0.284. The van der Waals surface area contributed by atoms with E-state index in [-0.39, 0.29) is 22.4 Å². The standard InChI is InChI=1S/C29H32N4O4S/c1-29(2,3)20-9-12-22(13-10-20)38(35,36)33-21-11-14-24-23(17-21)26(19-7-6-15-30-18-19)27(31-24)28(34)32-25-8-4-5-16-37-25/h6-7,9-15,17-18,25,31,33H,4-5,8,16H2,1-3H3,(H,32,34). The Bertz CT molecular complexity index is 1550. The summed E-state index contributed by atoms with van der Waals surface area (Å²) in [5, 5.41) is 3.68. The van der Waals surface area contributed by atoms with Gasteiger partial charge in [0, 0.05) is 46.7 Å². The Hall–Kier alpha value is -3.69. The van der Waals surface area contributed by atoms with E-state index in [2.05, 4.69) is 40.8 Å². The molecule has 1 aliphatic rings. The Labute approximate surface area is 222 Å². The number of rotatable bonds is 6. The van der Waals surface area contributed by atoms with Gasteiger partial charge >= 0.3 is 0 Å². The van der Waals surface area contributed by atoms with E-state index < -0.39 is 10.0 Å². The van der Waals surface area contributed by atoms with Gasteiger partial charge in [0.2, 0.25) is 0 Å². The molecule has 0 aliphatic carbocycles. The van der Waals surface area contributed by atoms with Crippen LogP contribution in [-0.4, -0.2) is 37.1 Å². The number of aromatic nitrogens is 2. The van der Waals surface area contributed by atoms with E-state index in [0.29, 0.717) is 34.5 Å². The molecule has 1 fully saturated rings. The number of pyridine rings is 1. The molecule has 1 atom stereocenters. The predicted octanol–water partition coefficient (Wildman–Crippen LogP) is 5.58. The Kier molecular flexibility index (Phi) is 6.98. The number of hydrogen-bond donors (Lipinski definition) is 3. The fourth-order valence-corrected chi connectivity index (χ4v) is 5.71. The quantitative estimate of drug-likeness (QED) is 0.300. The molecule has 1 aliphatic heterocycles. The first-order chi connectivity index (χ1) is 18.1. The highest BCUT2D eigenvalue weighted by molar-refractivity contribution is 7.92. The van der Waals surface area contributed by atoms with Crippen molar-refractivity contribution in [3.63, 3.8) is 0 Å². The lowest BCUT2D eigenvalue weighted by molar-refractivity contribution is -0.00275. The van der Waals surface area contributed by atoms with Gasteiger partial charge in [0.25, 0.3) is 15.9 Å². The van der Waals surface area contributed by atoms with Gasteiger partial charge < -0.3 is 15.0 Å². The molecule has 5 rings (SSSR count). The fourth-order valence-electron chi connectivity index (χ4n) is 4.66.